The summed E-state index contributed by atoms with van der Waals surface area (Å²) in [5.41, 5.74) is -1.79. The van der Waals surface area contributed by atoms with Crippen molar-refractivity contribution in [3.63, 3.8) is 0 Å². The maximum atomic E-state index is 13.6. The van der Waals surface area contributed by atoms with Crippen LogP contribution in [0.1, 0.15) is 66.2 Å². The first kappa shape index (κ1) is 33.3. The number of hydrogen-bond donors (Lipinski definition) is 2. The molecule has 0 spiro atoms. The number of nitrogens with one attached hydrogen (secondary N) is 1. The maximum absolute atomic E-state index is 13.6. The van der Waals surface area contributed by atoms with Crippen LogP contribution < -0.4 is 15.0 Å². The first-order valence-corrected chi connectivity index (χ1v) is 13.9. The van der Waals surface area contributed by atoms with Gasteiger partial charge in [0.05, 0.1) is 53.0 Å². The molecule has 15 heteroatoms. The normalized spacial score (nSPS) is 16.6. The Bertz CT molecular complexity index is 1570. The van der Waals surface area contributed by atoms with E-state index in [4.69, 9.17) is 9.47 Å². The van der Waals surface area contributed by atoms with E-state index >= 15 is 0 Å². The average Bonchev–Trinajstić information content (AvgIpc) is 2.98. The standard InChI is InChI=1S/C30H29F6N5O4/c1-3-21-14-23(22-13-19(29(31,32)33)5-6-25(22)41(21)28(42)43)39-27-38-16-26(45-8-7-44-4-2)24(40-27)12-17-9-18(15-37)11-20(10-17)30(34,35)36/h5-6,9-11,13,16,21,23H,3-4,7-8,12,14H2,1-2H3,(H,42,43)(H,38,39,40)/t21-,23+/m1/s1. The van der Waals surface area contributed by atoms with Gasteiger partial charge >= 0.3 is 18.4 Å². The molecule has 9 nitrogen and oxygen atoms in total. The lowest BCUT2D eigenvalue weighted by atomic mass is 9.89. The Morgan fingerprint density at radius 3 is 2.44 bits per heavy atom. The van der Waals surface area contributed by atoms with Gasteiger partial charge in [0.2, 0.25) is 5.95 Å². The van der Waals surface area contributed by atoms with Crippen LogP contribution in [0.25, 0.3) is 0 Å². The molecule has 0 saturated carbocycles. The molecule has 4 rings (SSSR count). The number of anilines is 2. The molecule has 2 aromatic carbocycles. The van der Waals surface area contributed by atoms with E-state index in [2.05, 4.69) is 15.3 Å². The molecular formula is C30H29F6N5O4. The van der Waals surface area contributed by atoms with Crippen LogP contribution in [-0.4, -0.2) is 47.0 Å². The molecule has 2 N–H and O–H groups in total. The number of halogens is 6. The number of rotatable bonds is 10. The number of alkyl halides is 6. The molecule has 1 aliphatic heterocycles. The van der Waals surface area contributed by atoms with E-state index in [0.29, 0.717) is 13.0 Å². The zero-order valence-electron chi connectivity index (χ0n) is 24.2. The van der Waals surface area contributed by atoms with Crippen molar-refractivity contribution in [2.75, 3.05) is 30.0 Å². The van der Waals surface area contributed by atoms with Crippen molar-refractivity contribution < 1.29 is 45.7 Å². The number of nitriles is 1. The van der Waals surface area contributed by atoms with Gasteiger partial charge < -0.3 is 19.9 Å². The van der Waals surface area contributed by atoms with Crippen LogP contribution in [0, 0.1) is 11.3 Å². The zero-order chi connectivity index (χ0) is 32.9. The SMILES string of the molecule is CCOCCOc1cnc(N[C@H]2C[C@@H](CC)N(C(=O)O)c3ccc(C(F)(F)F)cc32)nc1Cc1cc(C#N)cc(C(F)(F)F)c1. The Balaban J connectivity index is 1.75. The molecule has 3 aromatic rings. The van der Waals surface area contributed by atoms with Gasteiger partial charge in [-0.3, -0.25) is 4.90 Å². The molecule has 1 aromatic heterocycles. The summed E-state index contributed by atoms with van der Waals surface area (Å²) in [6, 6.07) is 6.02. The number of nitrogens with zero attached hydrogens (tertiary/aromatic N) is 4. The second-order valence-corrected chi connectivity index (χ2v) is 10.2. The lowest BCUT2D eigenvalue weighted by Gasteiger charge is -2.39. The number of ether oxygens (including phenoxy) is 2. The van der Waals surface area contributed by atoms with Crippen LogP contribution in [-0.2, 0) is 23.5 Å². The fourth-order valence-corrected chi connectivity index (χ4v) is 5.12. The van der Waals surface area contributed by atoms with Gasteiger partial charge in [-0.25, -0.2) is 14.8 Å². The molecule has 0 bridgehead atoms. The Labute approximate surface area is 254 Å². The Morgan fingerprint density at radius 1 is 1.09 bits per heavy atom. The molecule has 0 fully saturated rings. The van der Waals surface area contributed by atoms with Crippen LogP contribution in [0.15, 0.2) is 42.6 Å². The molecule has 0 unspecified atom stereocenters. The fourth-order valence-electron chi connectivity index (χ4n) is 5.12. The van der Waals surface area contributed by atoms with E-state index in [0.717, 1.165) is 35.2 Å². The largest absolute Gasteiger partial charge is 0.488 e. The van der Waals surface area contributed by atoms with Gasteiger partial charge in [-0.05, 0) is 67.3 Å². The van der Waals surface area contributed by atoms with Gasteiger partial charge in [-0.1, -0.05) is 6.92 Å². The lowest BCUT2D eigenvalue weighted by Crippen LogP contribution is -2.45. The molecule has 2 atom stereocenters. The molecular weight excluding hydrogens is 608 g/mol. The Kier molecular flexibility index (Phi) is 10.1. The molecule has 1 amide bonds. The van der Waals surface area contributed by atoms with Gasteiger partial charge in [-0.2, -0.15) is 31.6 Å². The van der Waals surface area contributed by atoms with E-state index in [1.54, 1.807) is 19.9 Å². The van der Waals surface area contributed by atoms with Gasteiger partial charge in [0, 0.05) is 19.1 Å². The highest BCUT2D eigenvalue weighted by atomic mass is 19.4. The van der Waals surface area contributed by atoms with Crippen molar-refractivity contribution in [1.29, 1.82) is 5.26 Å². The van der Waals surface area contributed by atoms with Crippen LogP contribution in [0.4, 0.5) is 42.8 Å². The quantitative estimate of drug-likeness (QED) is 0.177. The zero-order valence-corrected chi connectivity index (χ0v) is 24.2. The topological polar surface area (TPSA) is 121 Å². The molecule has 0 radical (unpaired) electrons. The minimum absolute atomic E-state index is 0.0654. The number of hydrogen-bond acceptors (Lipinski definition) is 7. The van der Waals surface area contributed by atoms with E-state index in [9.17, 15) is 41.5 Å². The van der Waals surface area contributed by atoms with Crippen LogP contribution >= 0.6 is 0 Å². The smallest absolute Gasteiger partial charge is 0.416 e. The molecule has 240 valence electrons. The number of amides is 1. The summed E-state index contributed by atoms with van der Waals surface area (Å²) in [7, 11) is 0. The number of aromatic nitrogens is 2. The lowest BCUT2D eigenvalue weighted by molar-refractivity contribution is -0.138. The second kappa shape index (κ2) is 13.6. The summed E-state index contributed by atoms with van der Waals surface area (Å²) in [5, 5.41) is 22.2. The average molecular weight is 638 g/mol. The van der Waals surface area contributed by atoms with Gasteiger partial charge in [0.1, 0.15) is 6.61 Å². The van der Waals surface area contributed by atoms with Crippen LogP contribution in [0.3, 0.4) is 0 Å². The molecule has 2 heterocycles. The first-order chi connectivity index (χ1) is 21.2. The third kappa shape index (κ3) is 7.93. The third-order valence-corrected chi connectivity index (χ3v) is 7.18. The first-order valence-electron chi connectivity index (χ1n) is 13.9. The van der Waals surface area contributed by atoms with Crippen LogP contribution in [0.2, 0.25) is 0 Å². The summed E-state index contributed by atoms with van der Waals surface area (Å²) in [6.07, 6.45) is -9.18. The van der Waals surface area contributed by atoms with E-state index in [-0.39, 0.29) is 65.8 Å². The maximum Gasteiger partial charge on any atom is 0.416 e. The predicted octanol–water partition coefficient (Wildman–Crippen LogP) is 7.21. The number of carboxylic acid groups (broad SMARTS) is 1. The van der Waals surface area contributed by atoms with Gasteiger partial charge in [0.15, 0.2) is 5.75 Å². The number of fused-ring (bicyclic) bond motifs is 1. The Morgan fingerprint density at radius 2 is 1.82 bits per heavy atom. The van der Waals surface area contributed by atoms with E-state index in [1.165, 1.54) is 12.3 Å². The van der Waals surface area contributed by atoms with Crippen molar-refractivity contribution in [1.82, 2.24) is 9.97 Å². The monoisotopic (exact) mass is 637 g/mol. The molecule has 45 heavy (non-hydrogen) atoms. The highest BCUT2D eigenvalue weighted by Crippen LogP contribution is 2.43. The summed E-state index contributed by atoms with van der Waals surface area (Å²) in [6.45, 7) is 4.24. The highest BCUT2D eigenvalue weighted by molar-refractivity contribution is 5.89. The predicted molar refractivity (Wildman–Crippen MR) is 150 cm³/mol. The van der Waals surface area contributed by atoms with Crippen LogP contribution in [0.5, 0.6) is 5.75 Å². The minimum atomic E-state index is -4.71. The summed E-state index contributed by atoms with van der Waals surface area (Å²) < 4.78 is 92.5. The minimum Gasteiger partial charge on any atom is -0.488 e. The van der Waals surface area contributed by atoms with Crippen molar-refractivity contribution in [2.45, 2.75) is 57.5 Å². The van der Waals surface area contributed by atoms with E-state index in [1.807, 2.05) is 0 Å². The summed E-state index contributed by atoms with van der Waals surface area (Å²) in [4.78, 5) is 21.8. The summed E-state index contributed by atoms with van der Waals surface area (Å²) >= 11 is 0. The van der Waals surface area contributed by atoms with Crippen molar-refractivity contribution >= 4 is 17.7 Å². The van der Waals surface area contributed by atoms with Crippen molar-refractivity contribution in [2.24, 2.45) is 0 Å². The van der Waals surface area contributed by atoms with Crippen molar-refractivity contribution in [3.8, 4) is 11.8 Å². The van der Waals surface area contributed by atoms with Gasteiger partial charge in [-0.15, -0.1) is 0 Å². The third-order valence-electron chi connectivity index (χ3n) is 7.18. The molecule has 1 aliphatic rings. The molecule has 0 aliphatic carbocycles. The fraction of sp³-hybridized carbons (Fsp3) is 0.400. The van der Waals surface area contributed by atoms with Crippen molar-refractivity contribution in [3.05, 3.63) is 76.1 Å². The number of benzene rings is 2. The van der Waals surface area contributed by atoms with Gasteiger partial charge in [0.25, 0.3) is 0 Å². The molecule has 0 saturated heterocycles. The summed E-state index contributed by atoms with van der Waals surface area (Å²) in [5.74, 6) is 0.0599. The second-order valence-electron chi connectivity index (χ2n) is 10.2. The highest BCUT2D eigenvalue weighted by Gasteiger charge is 2.39. The number of carbonyl (C=O) groups is 1. The van der Waals surface area contributed by atoms with E-state index < -0.39 is 41.7 Å². The Hall–Kier alpha value is -4.58.